The van der Waals surface area contributed by atoms with Crippen molar-refractivity contribution in [3.05, 3.63) is 53.1 Å². The number of pyridine rings is 1. The number of anilines is 1. The van der Waals surface area contributed by atoms with Crippen LogP contribution in [0.25, 0.3) is 10.9 Å². The van der Waals surface area contributed by atoms with Crippen molar-refractivity contribution in [3.8, 4) is 5.75 Å². The smallest absolute Gasteiger partial charge is 0.350 e. The first-order valence-electron chi connectivity index (χ1n) is 9.55. The molecule has 0 radical (unpaired) electrons. The maximum Gasteiger partial charge on any atom is 0.350 e. The second kappa shape index (κ2) is 10.4. The van der Waals surface area contributed by atoms with Gasteiger partial charge in [-0.2, -0.15) is 0 Å². The third-order valence-electron chi connectivity index (χ3n) is 4.35. The summed E-state index contributed by atoms with van der Waals surface area (Å²) in [5, 5.41) is 5.00. The predicted molar refractivity (Wildman–Crippen MR) is 124 cm³/mol. The molecular formula is C22H23N3O4S2. The molecule has 31 heavy (non-hydrogen) atoms. The number of rotatable bonds is 9. The lowest BCUT2D eigenvalue weighted by molar-refractivity contribution is -0.115. The van der Waals surface area contributed by atoms with E-state index in [4.69, 9.17) is 9.47 Å². The minimum atomic E-state index is -0.473. The molecule has 9 heteroatoms. The lowest BCUT2D eigenvalue weighted by Crippen LogP contribution is -2.12. The van der Waals surface area contributed by atoms with Crippen LogP contribution in [-0.2, 0) is 9.53 Å². The first-order valence-corrected chi connectivity index (χ1v) is 11.4. The van der Waals surface area contributed by atoms with Gasteiger partial charge in [-0.3, -0.25) is 4.79 Å². The molecular weight excluding hydrogens is 434 g/mol. The zero-order valence-electron chi connectivity index (χ0n) is 17.6. The number of carbonyl (C=O) groups is 2. The van der Waals surface area contributed by atoms with Gasteiger partial charge in [-0.15, -0.1) is 11.8 Å². The summed E-state index contributed by atoms with van der Waals surface area (Å²) in [6, 6.07) is 7.85. The molecule has 3 aromatic rings. The first kappa shape index (κ1) is 22.8. The Bertz CT molecular complexity index is 1130. The van der Waals surface area contributed by atoms with Gasteiger partial charge >= 0.3 is 5.97 Å². The summed E-state index contributed by atoms with van der Waals surface area (Å²) in [6.45, 7) is 7.37. The highest BCUT2D eigenvalue weighted by Crippen LogP contribution is 2.30. The molecule has 0 atom stereocenters. The lowest BCUT2D eigenvalue weighted by atomic mass is 10.1. The lowest BCUT2D eigenvalue weighted by Gasteiger charge is -2.09. The van der Waals surface area contributed by atoms with Crippen LogP contribution in [0.4, 0.5) is 5.13 Å². The van der Waals surface area contributed by atoms with E-state index >= 15 is 0 Å². The SMILES string of the molecule is C=CCOC(=O)c1sc(NC(=O)CCSc2cc(C)c3cccc(OC)c3n2)nc1C. The van der Waals surface area contributed by atoms with Gasteiger partial charge in [0.25, 0.3) is 0 Å². The van der Waals surface area contributed by atoms with E-state index in [1.165, 1.54) is 17.8 Å². The molecule has 0 unspecified atom stereocenters. The minimum Gasteiger partial charge on any atom is -0.494 e. The highest BCUT2D eigenvalue weighted by atomic mass is 32.2. The number of para-hydroxylation sites is 1. The monoisotopic (exact) mass is 457 g/mol. The number of ether oxygens (including phenoxy) is 2. The largest absolute Gasteiger partial charge is 0.494 e. The molecule has 162 valence electrons. The summed E-state index contributed by atoms with van der Waals surface area (Å²) >= 11 is 2.60. The second-order valence-corrected chi connectivity index (χ2v) is 8.72. The number of methoxy groups -OCH3 is 1. The Morgan fingerprint density at radius 3 is 2.84 bits per heavy atom. The molecule has 0 saturated carbocycles. The highest BCUT2D eigenvalue weighted by Gasteiger charge is 2.17. The van der Waals surface area contributed by atoms with Crippen LogP contribution in [-0.4, -0.2) is 41.3 Å². The Morgan fingerprint density at radius 2 is 2.10 bits per heavy atom. The molecule has 0 aliphatic carbocycles. The van der Waals surface area contributed by atoms with E-state index in [1.54, 1.807) is 14.0 Å². The van der Waals surface area contributed by atoms with Gasteiger partial charge in [0.15, 0.2) is 5.13 Å². The number of amides is 1. The van der Waals surface area contributed by atoms with Crippen molar-refractivity contribution in [2.45, 2.75) is 25.3 Å². The number of thiazole rings is 1. The molecule has 1 aromatic carbocycles. The fourth-order valence-electron chi connectivity index (χ4n) is 2.87. The number of nitrogens with one attached hydrogen (secondary N) is 1. The van der Waals surface area contributed by atoms with Crippen LogP contribution in [0.15, 0.2) is 41.9 Å². The Balaban J connectivity index is 1.58. The van der Waals surface area contributed by atoms with E-state index in [2.05, 4.69) is 21.9 Å². The standard InChI is InChI=1S/C22H23N3O4S2/c1-5-10-29-21(27)20-14(3)23-22(31-20)24-17(26)9-11-30-18-12-13(2)15-7-6-8-16(28-4)19(15)25-18/h5-8,12H,1,9-11H2,2-4H3,(H,23,24,26). The highest BCUT2D eigenvalue weighted by molar-refractivity contribution is 7.99. The molecule has 1 N–H and O–H groups in total. The van der Waals surface area contributed by atoms with Crippen LogP contribution in [0.3, 0.4) is 0 Å². The van der Waals surface area contributed by atoms with E-state index < -0.39 is 5.97 Å². The summed E-state index contributed by atoms with van der Waals surface area (Å²) in [7, 11) is 1.63. The number of fused-ring (bicyclic) bond motifs is 1. The minimum absolute atomic E-state index is 0.128. The predicted octanol–water partition coefficient (Wildman–Crippen LogP) is 4.78. The Hall–Kier alpha value is -2.91. The number of carbonyl (C=O) groups excluding carboxylic acids is 2. The van der Waals surface area contributed by atoms with Crippen molar-refractivity contribution in [2.75, 3.05) is 24.8 Å². The van der Waals surface area contributed by atoms with Crippen LogP contribution in [0, 0.1) is 13.8 Å². The van der Waals surface area contributed by atoms with Crippen LogP contribution in [0.1, 0.15) is 27.3 Å². The summed E-state index contributed by atoms with van der Waals surface area (Å²) in [5.41, 5.74) is 2.43. The fourth-order valence-corrected chi connectivity index (χ4v) is 4.66. The van der Waals surface area contributed by atoms with Gasteiger partial charge in [-0.1, -0.05) is 36.1 Å². The van der Waals surface area contributed by atoms with Crippen molar-refractivity contribution in [2.24, 2.45) is 0 Å². The maximum atomic E-state index is 12.3. The van der Waals surface area contributed by atoms with Crippen molar-refractivity contribution in [1.82, 2.24) is 9.97 Å². The third kappa shape index (κ3) is 5.62. The molecule has 0 saturated heterocycles. The average molecular weight is 458 g/mol. The number of thioether (sulfide) groups is 1. The van der Waals surface area contributed by atoms with Gasteiger partial charge in [0.2, 0.25) is 5.91 Å². The Labute approximate surface area is 188 Å². The van der Waals surface area contributed by atoms with Crippen LogP contribution in [0.5, 0.6) is 5.75 Å². The van der Waals surface area contributed by atoms with Crippen LogP contribution < -0.4 is 10.1 Å². The van der Waals surface area contributed by atoms with Gasteiger partial charge in [-0.05, 0) is 31.5 Å². The summed E-state index contributed by atoms with van der Waals surface area (Å²) < 4.78 is 10.4. The van der Waals surface area contributed by atoms with Crippen molar-refractivity contribution in [1.29, 1.82) is 0 Å². The van der Waals surface area contributed by atoms with E-state index in [0.717, 1.165) is 38.6 Å². The second-order valence-electron chi connectivity index (χ2n) is 6.60. The third-order valence-corrected chi connectivity index (χ3v) is 6.31. The van der Waals surface area contributed by atoms with E-state index in [1.807, 2.05) is 31.2 Å². The molecule has 2 heterocycles. The zero-order valence-corrected chi connectivity index (χ0v) is 19.2. The van der Waals surface area contributed by atoms with E-state index in [9.17, 15) is 9.59 Å². The van der Waals surface area contributed by atoms with Crippen LogP contribution in [0.2, 0.25) is 0 Å². The molecule has 3 rings (SSSR count). The molecule has 7 nitrogen and oxygen atoms in total. The Morgan fingerprint density at radius 1 is 1.29 bits per heavy atom. The number of esters is 1. The van der Waals surface area contributed by atoms with Gasteiger partial charge in [0, 0.05) is 17.6 Å². The summed E-state index contributed by atoms with van der Waals surface area (Å²) in [4.78, 5) is 33.6. The number of aryl methyl sites for hydroxylation is 2. The van der Waals surface area contributed by atoms with Crippen LogP contribution >= 0.6 is 23.1 Å². The number of hydrogen-bond donors (Lipinski definition) is 1. The summed E-state index contributed by atoms with van der Waals surface area (Å²) in [5.74, 6) is 0.626. The molecule has 0 spiro atoms. The normalized spacial score (nSPS) is 10.7. The van der Waals surface area contributed by atoms with E-state index in [0.29, 0.717) is 21.5 Å². The number of hydrogen-bond acceptors (Lipinski definition) is 8. The van der Waals surface area contributed by atoms with Gasteiger partial charge in [0.1, 0.15) is 22.8 Å². The molecule has 0 bridgehead atoms. The van der Waals surface area contributed by atoms with Gasteiger partial charge < -0.3 is 14.8 Å². The number of aromatic nitrogens is 2. The van der Waals surface area contributed by atoms with E-state index in [-0.39, 0.29) is 18.9 Å². The zero-order chi connectivity index (χ0) is 22.4. The van der Waals surface area contributed by atoms with Gasteiger partial charge in [-0.25, -0.2) is 14.8 Å². The number of benzene rings is 1. The average Bonchev–Trinajstić information content (AvgIpc) is 3.11. The fraction of sp³-hybridized carbons (Fsp3) is 0.273. The van der Waals surface area contributed by atoms with Gasteiger partial charge in [0.05, 0.1) is 17.8 Å². The maximum absolute atomic E-state index is 12.3. The topological polar surface area (TPSA) is 90.4 Å². The van der Waals surface area contributed by atoms with Crippen molar-refractivity contribution < 1.29 is 19.1 Å². The van der Waals surface area contributed by atoms with Crippen molar-refractivity contribution in [3.63, 3.8) is 0 Å². The number of nitrogens with zero attached hydrogens (tertiary/aromatic N) is 2. The molecule has 1 amide bonds. The Kier molecular flexibility index (Phi) is 7.64. The molecule has 0 aliphatic heterocycles. The molecule has 2 aromatic heterocycles. The summed E-state index contributed by atoms with van der Waals surface area (Å²) in [6.07, 6.45) is 1.78. The molecule has 0 aliphatic rings. The van der Waals surface area contributed by atoms with Crippen molar-refractivity contribution >= 4 is 51.0 Å². The molecule has 0 fully saturated rings. The quantitative estimate of drug-likeness (QED) is 0.281. The first-order chi connectivity index (χ1) is 14.9.